The molecular formula is C16H15F2N3O2S. The van der Waals surface area contributed by atoms with Crippen molar-refractivity contribution in [1.29, 1.82) is 0 Å². The fraction of sp³-hybridized carbons (Fsp3) is 0.188. The molecule has 0 fully saturated rings. The van der Waals surface area contributed by atoms with Gasteiger partial charge in [-0.05, 0) is 29.8 Å². The Labute approximate surface area is 137 Å². The molecule has 5 nitrogen and oxygen atoms in total. The first-order valence-electron chi connectivity index (χ1n) is 7.13. The predicted octanol–water partition coefficient (Wildman–Crippen LogP) is 2.23. The second-order valence-corrected chi connectivity index (χ2v) is 7.48. The molecule has 0 spiro atoms. The Morgan fingerprint density at radius 3 is 2.42 bits per heavy atom. The lowest BCUT2D eigenvalue weighted by atomic mass is 10.2. The number of para-hydroxylation sites is 1. The summed E-state index contributed by atoms with van der Waals surface area (Å²) in [5.41, 5.74) is 6.91. The molecule has 3 aromatic rings. The van der Waals surface area contributed by atoms with Crippen LogP contribution in [0.5, 0.6) is 0 Å². The van der Waals surface area contributed by atoms with Crippen molar-refractivity contribution in [3.8, 4) is 0 Å². The highest BCUT2D eigenvalue weighted by atomic mass is 32.2. The van der Waals surface area contributed by atoms with Gasteiger partial charge in [-0.25, -0.2) is 22.2 Å². The number of hydrogen-bond acceptors (Lipinski definition) is 4. The summed E-state index contributed by atoms with van der Waals surface area (Å²) in [5, 5.41) is 0. The normalized spacial score (nSPS) is 12.0. The van der Waals surface area contributed by atoms with Crippen LogP contribution in [0.3, 0.4) is 0 Å². The van der Waals surface area contributed by atoms with E-state index >= 15 is 0 Å². The largest absolute Gasteiger partial charge is 0.324 e. The molecule has 0 aliphatic carbocycles. The molecule has 3 rings (SSSR count). The van der Waals surface area contributed by atoms with Crippen molar-refractivity contribution < 1.29 is 17.2 Å². The van der Waals surface area contributed by atoms with Crippen LogP contribution >= 0.6 is 0 Å². The van der Waals surface area contributed by atoms with Crippen molar-refractivity contribution >= 4 is 20.9 Å². The molecule has 0 aliphatic rings. The molecule has 126 valence electrons. The lowest BCUT2D eigenvalue weighted by molar-refractivity contribution is 0.576. The Balaban J connectivity index is 2.26. The van der Waals surface area contributed by atoms with Gasteiger partial charge in [0.25, 0.3) is 0 Å². The molecule has 1 aromatic heterocycles. The van der Waals surface area contributed by atoms with Crippen molar-refractivity contribution in [2.75, 3.05) is 6.26 Å². The number of halogens is 2. The van der Waals surface area contributed by atoms with E-state index < -0.39 is 21.5 Å². The van der Waals surface area contributed by atoms with Crippen molar-refractivity contribution in [3.05, 3.63) is 59.4 Å². The van der Waals surface area contributed by atoms with E-state index in [1.807, 2.05) is 0 Å². The van der Waals surface area contributed by atoms with Crippen LogP contribution in [0.4, 0.5) is 8.78 Å². The molecule has 2 N–H and O–H groups in total. The fourth-order valence-corrected chi connectivity index (χ4v) is 3.60. The minimum absolute atomic E-state index is 0.0598. The van der Waals surface area contributed by atoms with Crippen LogP contribution < -0.4 is 5.73 Å². The Bertz CT molecular complexity index is 1010. The van der Waals surface area contributed by atoms with Gasteiger partial charge in [-0.3, -0.25) is 0 Å². The topological polar surface area (TPSA) is 78.0 Å². The SMILES string of the molecule is CS(=O)(=O)c1cccc2nc(CN)n(Cc3cc(F)cc(F)c3)c12. The molecule has 2 aromatic carbocycles. The van der Waals surface area contributed by atoms with E-state index in [1.54, 1.807) is 16.7 Å². The molecule has 24 heavy (non-hydrogen) atoms. The average Bonchev–Trinajstić information content (AvgIpc) is 2.83. The van der Waals surface area contributed by atoms with Crippen LogP contribution in [0.2, 0.25) is 0 Å². The third-order valence-electron chi connectivity index (χ3n) is 3.65. The summed E-state index contributed by atoms with van der Waals surface area (Å²) >= 11 is 0. The Morgan fingerprint density at radius 2 is 1.83 bits per heavy atom. The average molecular weight is 351 g/mol. The summed E-state index contributed by atoms with van der Waals surface area (Å²) in [5.74, 6) is -0.968. The maximum Gasteiger partial charge on any atom is 0.177 e. The quantitative estimate of drug-likeness (QED) is 0.782. The van der Waals surface area contributed by atoms with Gasteiger partial charge >= 0.3 is 0 Å². The number of nitrogens with zero attached hydrogens (tertiary/aromatic N) is 2. The summed E-state index contributed by atoms with van der Waals surface area (Å²) in [4.78, 5) is 4.43. The second-order valence-electron chi connectivity index (χ2n) is 5.49. The van der Waals surface area contributed by atoms with Gasteiger partial charge in [-0.1, -0.05) is 6.07 Å². The fourth-order valence-electron chi connectivity index (χ4n) is 2.71. The number of nitrogens with two attached hydrogens (primary N) is 1. The first-order valence-corrected chi connectivity index (χ1v) is 9.02. The van der Waals surface area contributed by atoms with Gasteiger partial charge in [0, 0.05) is 18.9 Å². The number of rotatable bonds is 4. The smallest absolute Gasteiger partial charge is 0.177 e. The van der Waals surface area contributed by atoms with Crippen LogP contribution in [-0.4, -0.2) is 24.2 Å². The van der Waals surface area contributed by atoms with Crippen LogP contribution in [0.15, 0.2) is 41.3 Å². The lowest BCUT2D eigenvalue weighted by Gasteiger charge is -2.11. The molecule has 0 atom stereocenters. The van der Waals surface area contributed by atoms with Gasteiger partial charge in [-0.15, -0.1) is 0 Å². The van der Waals surface area contributed by atoms with Gasteiger partial charge in [0.05, 0.1) is 22.5 Å². The molecule has 0 saturated heterocycles. The van der Waals surface area contributed by atoms with Crippen molar-refractivity contribution in [2.45, 2.75) is 18.0 Å². The van der Waals surface area contributed by atoms with Gasteiger partial charge in [0.1, 0.15) is 17.5 Å². The second kappa shape index (κ2) is 5.95. The van der Waals surface area contributed by atoms with Gasteiger partial charge in [-0.2, -0.15) is 0 Å². The standard InChI is InChI=1S/C16H15F2N3O2S/c1-24(22,23)14-4-2-3-13-16(14)21(15(8-19)20-13)9-10-5-11(17)7-12(18)6-10/h2-7H,8-9,19H2,1H3. The molecule has 0 saturated carbocycles. The molecule has 8 heteroatoms. The van der Waals surface area contributed by atoms with E-state index in [0.717, 1.165) is 12.3 Å². The maximum atomic E-state index is 13.4. The van der Waals surface area contributed by atoms with E-state index in [9.17, 15) is 17.2 Å². The monoisotopic (exact) mass is 351 g/mol. The summed E-state index contributed by atoms with van der Waals surface area (Å²) < 4.78 is 52.6. The zero-order valence-corrected chi connectivity index (χ0v) is 13.6. The molecule has 0 aliphatic heterocycles. The van der Waals surface area contributed by atoms with Crippen molar-refractivity contribution in [1.82, 2.24) is 9.55 Å². The van der Waals surface area contributed by atoms with Crippen LogP contribution in [0, 0.1) is 11.6 Å². The Kier molecular flexibility index (Phi) is 4.10. The van der Waals surface area contributed by atoms with Gasteiger partial charge in [0.2, 0.25) is 0 Å². The minimum atomic E-state index is -3.51. The highest BCUT2D eigenvalue weighted by molar-refractivity contribution is 7.91. The zero-order valence-electron chi connectivity index (χ0n) is 12.8. The Morgan fingerprint density at radius 1 is 1.17 bits per heavy atom. The van der Waals surface area contributed by atoms with Crippen LogP contribution in [0.25, 0.3) is 11.0 Å². The van der Waals surface area contributed by atoms with E-state index in [-0.39, 0.29) is 18.0 Å². The molecule has 0 radical (unpaired) electrons. The zero-order chi connectivity index (χ0) is 17.5. The van der Waals surface area contributed by atoms with E-state index in [1.165, 1.54) is 18.2 Å². The van der Waals surface area contributed by atoms with Crippen molar-refractivity contribution in [2.24, 2.45) is 5.73 Å². The number of hydrogen-bond donors (Lipinski definition) is 1. The number of aromatic nitrogens is 2. The van der Waals surface area contributed by atoms with Crippen LogP contribution in [0.1, 0.15) is 11.4 Å². The first-order chi connectivity index (χ1) is 11.3. The maximum absolute atomic E-state index is 13.4. The molecule has 0 amide bonds. The molecule has 0 unspecified atom stereocenters. The highest BCUT2D eigenvalue weighted by Gasteiger charge is 2.19. The molecule has 1 heterocycles. The Hall–Kier alpha value is -2.32. The summed E-state index contributed by atoms with van der Waals surface area (Å²) in [6, 6.07) is 7.91. The van der Waals surface area contributed by atoms with Crippen LogP contribution in [-0.2, 0) is 22.9 Å². The minimum Gasteiger partial charge on any atom is -0.324 e. The van der Waals surface area contributed by atoms with Crippen molar-refractivity contribution in [3.63, 3.8) is 0 Å². The number of sulfone groups is 1. The summed E-state index contributed by atoms with van der Waals surface area (Å²) in [6.45, 7) is 0.125. The third-order valence-corrected chi connectivity index (χ3v) is 4.78. The molecule has 0 bridgehead atoms. The summed E-state index contributed by atoms with van der Waals surface area (Å²) in [6.07, 6.45) is 1.10. The number of fused-ring (bicyclic) bond motifs is 1. The first kappa shape index (κ1) is 16.5. The highest BCUT2D eigenvalue weighted by Crippen LogP contribution is 2.25. The van der Waals surface area contributed by atoms with Gasteiger partial charge < -0.3 is 10.3 Å². The van der Waals surface area contributed by atoms with E-state index in [0.29, 0.717) is 22.4 Å². The number of benzene rings is 2. The van der Waals surface area contributed by atoms with E-state index in [2.05, 4.69) is 4.98 Å². The molecular weight excluding hydrogens is 336 g/mol. The van der Waals surface area contributed by atoms with E-state index in [4.69, 9.17) is 5.73 Å². The predicted molar refractivity (Wildman–Crippen MR) is 86.2 cm³/mol. The number of imidazole rings is 1. The third kappa shape index (κ3) is 3.02. The lowest BCUT2D eigenvalue weighted by Crippen LogP contribution is -2.11. The summed E-state index contributed by atoms with van der Waals surface area (Å²) in [7, 11) is -3.51. The van der Waals surface area contributed by atoms with Gasteiger partial charge in [0.15, 0.2) is 9.84 Å².